The molecule has 0 aliphatic carbocycles. The Bertz CT molecular complexity index is 247. The van der Waals surface area contributed by atoms with Crippen LogP contribution in [-0.4, -0.2) is 22.5 Å². The fraction of sp³-hybridized carbons (Fsp3) is 0.625. The van der Waals surface area contributed by atoms with E-state index >= 15 is 0 Å². The topological polar surface area (TPSA) is 43.8 Å². The first-order chi connectivity index (χ1) is 6.24. The molecule has 1 aromatic rings. The zero-order chi connectivity index (χ0) is 9.68. The predicted molar refractivity (Wildman–Crippen MR) is 45.6 cm³/mol. The second-order valence-corrected chi connectivity index (χ2v) is 2.76. The lowest BCUT2D eigenvalue weighted by molar-refractivity contribution is 0.131. The second kappa shape index (κ2) is 4.91. The molecular weight excluding hydrogens is 176 g/mol. The molecule has 0 saturated heterocycles. The molecule has 2 N–H and O–H groups in total. The highest BCUT2D eigenvalue weighted by Crippen LogP contribution is 2.04. The molecule has 5 heteroatoms. The summed E-state index contributed by atoms with van der Waals surface area (Å²) in [6.07, 6.45) is 1.56. The van der Waals surface area contributed by atoms with E-state index < -0.39 is 6.43 Å². The molecule has 1 heterocycles. The number of hydrogen-bond donors (Lipinski definition) is 1. The molecule has 0 bridgehead atoms. The Morgan fingerprint density at radius 3 is 2.92 bits per heavy atom. The van der Waals surface area contributed by atoms with Crippen LogP contribution < -0.4 is 5.73 Å². The standard InChI is InChI=1S/C8H13F2N3/c9-7(10)2-5-13-6-4-12-8(13)1-3-11/h4,6-7H,1-3,5,11H2. The van der Waals surface area contributed by atoms with Crippen molar-refractivity contribution in [1.82, 2.24) is 9.55 Å². The molecule has 0 saturated carbocycles. The summed E-state index contributed by atoms with van der Waals surface area (Å²) in [4.78, 5) is 4.02. The van der Waals surface area contributed by atoms with Crippen LogP contribution in [0.25, 0.3) is 0 Å². The van der Waals surface area contributed by atoms with E-state index in [1.54, 1.807) is 17.0 Å². The van der Waals surface area contributed by atoms with Gasteiger partial charge in [-0.3, -0.25) is 0 Å². The van der Waals surface area contributed by atoms with Gasteiger partial charge in [-0.2, -0.15) is 0 Å². The van der Waals surface area contributed by atoms with Gasteiger partial charge in [-0.15, -0.1) is 0 Å². The van der Waals surface area contributed by atoms with Crippen LogP contribution in [0.2, 0.25) is 0 Å². The van der Waals surface area contributed by atoms with Crippen LogP contribution in [0.4, 0.5) is 8.78 Å². The number of aryl methyl sites for hydroxylation is 1. The Labute approximate surface area is 75.6 Å². The third kappa shape index (κ3) is 3.10. The van der Waals surface area contributed by atoms with Crippen molar-refractivity contribution < 1.29 is 8.78 Å². The van der Waals surface area contributed by atoms with Crippen molar-refractivity contribution in [2.24, 2.45) is 5.73 Å². The van der Waals surface area contributed by atoms with Crippen LogP contribution in [0.1, 0.15) is 12.2 Å². The van der Waals surface area contributed by atoms with E-state index in [9.17, 15) is 8.78 Å². The van der Waals surface area contributed by atoms with Crippen molar-refractivity contribution in [3.8, 4) is 0 Å². The van der Waals surface area contributed by atoms with Gasteiger partial charge < -0.3 is 10.3 Å². The minimum Gasteiger partial charge on any atom is -0.335 e. The second-order valence-electron chi connectivity index (χ2n) is 2.76. The predicted octanol–water partition coefficient (Wildman–Crippen LogP) is 1.04. The summed E-state index contributed by atoms with van der Waals surface area (Å²) in [5.74, 6) is 0.781. The van der Waals surface area contributed by atoms with E-state index in [-0.39, 0.29) is 6.42 Å². The van der Waals surface area contributed by atoms with Crippen LogP contribution >= 0.6 is 0 Å². The molecule has 0 unspecified atom stereocenters. The van der Waals surface area contributed by atoms with Gasteiger partial charge in [-0.05, 0) is 6.54 Å². The first-order valence-corrected chi connectivity index (χ1v) is 4.22. The molecule has 0 aliphatic rings. The van der Waals surface area contributed by atoms with Crippen molar-refractivity contribution in [2.45, 2.75) is 25.8 Å². The van der Waals surface area contributed by atoms with E-state index in [0.717, 1.165) is 5.82 Å². The molecule has 3 nitrogen and oxygen atoms in total. The third-order valence-corrected chi connectivity index (χ3v) is 1.76. The van der Waals surface area contributed by atoms with E-state index in [4.69, 9.17) is 5.73 Å². The summed E-state index contributed by atoms with van der Waals surface area (Å²) in [6, 6.07) is 0. The fourth-order valence-electron chi connectivity index (χ4n) is 1.14. The summed E-state index contributed by atoms with van der Waals surface area (Å²) in [6.45, 7) is 0.804. The number of alkyl halides is 2. The van der Waals surface area contributed by atoms with Gasteiger partial charge in [0.2, 0.25) is 6.43 Å². The number of hydrogen-bond acceptors (Lipinski definition) is 2. The van der Waals surface area contributed by atoms with Crippen molar-refractivity contribution >= 4 is 0 Å². The van der Waals surface area contributed by atoms with Gasteiger partial charge in [0.25, 0.3) is 0 Å². The molecule has 1 rings (SSSR count). The summed E-state index contributed by atoms with van der Waals surface area (Å²) >= 11 is 0. The molecule has 1 aromatic heterocycles. The molecule has 0 aliphatic heterocycles. The Balaban J connectivity index is 2.49. The Hall–Kier alpha value is -0.970. The van der Waals surface area contributed by atoms with E-state index in [1.807, 2.05) is 0 Å². The molecule has 0 aromatic carbocycles. The largest absolute Gasteiger partial charge is 0.335 e. The molecule has 0 amide bonds. The van der Waals surface area contributed by atoms with E-state index in [1.165, 1.54) is 0 Å². The van der Waals surface area contributed by atoms with Crippen molar-refractivity contribution in [3.05, 3.63) is 18.2 Å². The van der Waals surface area contributed by atoms with Gasteiger partial charge in [0.05, 0.1) is 0 Å². The maximum absolute atomic E-state index is 11.9. The summed E-state index contributed by atoms with van der Waals surface area (Å²) in [7, 11) is 0. The molecular formula is C8H13F2N3. The zero-order valence-electron chi connectivity index (χ0n) is 7.29. The Kier molecular flexibility index (Phi) is 3.82. The summed E-state index contributed by atoms with van der Waals surface area (Å²) < 4.78 is 25.5. The highest BCUT2D eigenvalue weighted by Gasteiger charge is 2.05. The first-order valence-electron chi connectivity index (χ1n) is 4.22. The van der Waals surface area contributed by atoms with Crippen LogP contribution in [0.15, 0.2) is 12.4 Å². The highest BCUT2D eigenvalue weighted by molar-refractivity contribution is 4.92. The van der Waals surface area contributed by atoms with Gasteiger partial charge in [-0.25, -0.2) is 13.8 Å². The van der Waals surface area contributed by atoms with Crippen LogP contribution in [0.3, 0.4) is 0 Å². The number of nitrogens with zero attached hydrogens (tertiary/aromatic N) is 2. The maximum Gasteiger partial charge on any atom is 0.240 e. The number of nitrogens with two attached hydrogens (primary N) is 1. The number of imidazole rings is 1. The van der Waals surface area contributed by atoms with Crippen LogP contribution in [0, 0.1) is 0 Å². The first kappa shape index (κ1) is 10.1. The zero-order valence-corrected chi connectivity index (χ0v) is 7.29. The number of aromatic nitrogens is 2. The third-order valence-electron chi connectivity index (χ3n) is 1.76. The molecule has 0 fully saturated rings. The fourth-order valence-corrected chi connectivity index (χ4v) is 1.14. The monoisotopic (exact) mass is 189 g/mol. The average Bonchev–Trinajstić information content (AvgIpc) is 2.49. The summed E-state index contributed by atoms with van der Waals surface area (Å²) in [5.41, 5.74) is 5.34. The van der Waals surface area contributed by atoms with Crippen molar-refractivity contribution in [2.75, 3.05) is 6.54 Å². The number of rotatable bonds is 5. The summed E-state index contributed by atoms with van der Waals surface area (Å²) in [5, 5.41) is 0. The lowest BCUT2D eigenvalue weighted by Crippen LogP contribution is -2.11. The average molecular weight is 189 g/mol. The highest BCUT2D eigenvalue weighted by atomic mass is 19.3. The van der Waals surface area contributed by atoms with Crippen molar-refractivity contribution in [1.29, 1.82) is 0 Å². The smallest absolute Gasteiger partial charge is 0.240 e. The normalized spacial score (nSPS) is 11.1. The van der Waals surface area contributed by atoms with Gasteiger partial charge in [0, 0.05) is 31.8 Å². The van der Waals surface area contributed by atoms with Crippen LogP contribution in [0.5, 0.6) is 0 Å². The minimum atomic E-state index is -2.26. The molecule has 74 valence electrons. The van der Waals surface area contributed by atoms with Gasteiger partial charge in [0.1, 0.15) is 5.82 Å². The lowest BCUT2D eigenvalue weighted by Gasteiger charge is -2.05. The molecule has 0 atom stereocenters. The molecule has 13 heavy (non-hydrogen) atoms. The van der Waals surface area contributed by atoms with Gasteiger partial charge in [0.15, 0.2) is 0 Å². The minimum absolute atomic E-state index is 0.131. The molecule has 0 radical (unpaired) electrons. The quantitative estimate of drug-likeness (QED) is 0.752. The van der Waals surface area contributed by atoms with Gasteiger partial charge in [-0.1, -0.05) is 0 Å². The maximum atomic E-state index is 11.9. The Morgan fingerprint density at radius 2 is 2.31 bits per heavy atom. The van der Waals surface area contributed by atoms with Gasteiger partial charge >= 0.3 is 0 Å². The molecule has 0 spiro atoms. The lowest BCUT2D eigenvalue weighted by atomic mass is 10.4. The number of halogens is 2. The van der Waals surface area contributed by atoms with Crippen LogP contribution in [-0.2, 0) is 13.0 Å². The van der Waals surface area contributed by atoms with Crippen molar-refractivity contribution in [3.63, 3.8) is 0 Å². The van der Waals surface area contributed by atoms with E-state index in [0.29, 0.717) is 19.5 Å². The Morgan fingerprint density at radius 1 is 1.54 bits per heavy atom. The van der Waals surface area contributed by atoms with E-state index in [2.05, 4.69) is 4.98 Å². The SMILES string of the molecule is NCCc1nccn1CCC(F)F.